The predicted octanol–water partition coefficient (Wildman–Crippen LogP) is 6.15. The molecule has 0 aliphatic rings. The first-order chi connectivity index (χ1) is 17.2. The second kappa shape index (κ2) is 12.8. The van der Waals surface area contributed by atoms with Gasteiger partial charge in [-0.05, 0) is 62.6 Å². The van der Waals surface area contributed by atoms with Crippen molar-refractivity contribution in [2.24, 2.45) is 0 Å². The zero-order valence-electron chi connectivity index (χ0n) is 21.1. The van der Waals surface area contributed by atoms with E-state index < -0.39 is 6.04 Å². The van der Waals surface area contributed by atoms with Gasteiger partial charge in [0.25, 0.3) is 5.91 Å². The maximum absolute atomic E-state index is 13.7. The molecule has 3 aromatic carbocycles. The van der Waals surface area contributed by atoms with E-state index in [9.17, 15) is 9.59 Å². The lowest BCUT2D eigenvalue weighted by Gasteiger charge is -2.32. The topological polar surface area (TPSA) is 58.6 Å². The van der Waals surface area contributed by atoms with E-state index in [4.69, 9.17) is 27.9 Å². The Hall–Kier alpha value is -3.02. The molecule has 0 aliphatic heterocycles. The Kier molecular flexibility index (Phi) is 9.80. The summed E-state index contributed by atoms with van der Waals surface area (Å²) in [5.41, 5.74) is 3.46. The molecule has 0 radical (unpaired) electrons. The van der Waals surface area contributed by atoms with Gasteiger partial charge in [0.1, 0.15) is 11.8 Å². The number of hydrogen-bond acceptors (Lipinski definition) is 3. The number of aryl methyl sites for hydroxylation is 2. The average Bonchev–Trinajstić information content (AvgIpc) is 2.83. The Bertz CT molecular complexity index is 1180. The van der Waals surface area contributed by atoms with Gasteiger partial charge in [0.15, 0.2) is 6.61 Å². The van der Waals surface area contributed by atoms with Gasteiger partial charge in [0, 0.05) is 34.6 Å². The van der Waals surface area contributed by atoms with E-state index in [2.05, 4.69) is 5.32 Å². The molecule has 7 heteroatoms. The van der Waals surface area contributed by atoms with E-state index in [0.29, 0.717) is 27.8 Å². The minimum absolute atomic E-state index is 0.0660. The first-order valence-corrected chi connectivity index (χ1v) is 12.7. The summed E-state index contributed by atoms with van der Waals surface area (Å²) in [5, 5.41) is 3.82. The van der Waals surface area contributed by atoms with Gasteiger partial charge in [-0.1, -0.05) is 71.7 Å². The third-order valence-electron chi connectivity index (χ3n) is 5.79. The highest BCUT2D eigenvalue weighted by Crippen LogP contribution is 2.27. The van der Waals surface area contributed by atoms with Gasteiger partial charge in [-0.3, -0.25) is 9.59 Å². The quantitative estimate of drug-likeness (QED) is 0.344. The van der Waals surface area contributed by atoms with Crippen molar-refractivity contribution in [1.82, 2.24) is 10.2 Å². The maximum atomic E-state index is 13.7. The third-order valence-corrected chi connectivity index (χ3v) is 6.50. The molecule has 0 saturated carbocycles. The standard InChI is InChI=1S/C29H32Cl2N2O3/c1-19(2)32-29(35)26(16-22-9-6-5-7-10-22)33(17-23-24(30)11-8-12-25(23)31)28(34)18-36-27-15-20(3)13-14-21(27)4/h5-15,19,26H,16-18H2,1-4H3,(H,32,35)/t26-/m1/s1. The van der Waals surface area contributed by atoms with Crippen molar-refractivity contribution in [2.75, 3.05) is 6.61 Å². The summed E-state index contributed by atoms with van der Waals surface area (Å²) < 4.78 is 5.93. The van der Waals surface area contributed by atoms with Gasteiger partial charge >= 0.3 is 0 Å². The molecule has 0 spiro atoms. The molecule has 2 amide bonds. The van der Waals surface area contributed by atoms with Crippen molar-refractivity contribution in [3.05, 3.63) is 99.0 Å². The molecule has 0 aromatic heterocycles. The van der Waals surface area contributed by atoms with Crippen LogP contribution in [0.5, 0.6) is 5.75 Å². The molecule has 3 rings (SSSR count). The van der Waals surface area contributed by atoms with Crippen molar-refractivity contribution < 1.29 is 14.3 Å². The Morgan fingerprint density at radius 3 is 2.25 bits per heavy atom. The molecule has 0 aliphatic carbocycles. The number of amides is 2. The molecule has 1 atom stereocenters. The van der Waals surface area contributed by atoms with Gasteiger partial charge in [0.05, 0.1) is 0 Å². The maximum Gasteiger partial charge on any atom is 0.261 e. The molecule has 1 N–H and O–H groups in total. The Morgan fingerprint density at radius 1 is 0.944 bits per heavy atom. The second-order valence-corrected chi connectivity index (χ2v) is 9.96. The van der Waals surface area contributed by atoms with Crippen molar-refractivity contribution in [3.8, 4) is 5.75 Å². The highest BCUT2D eigenvalue weighted by atomic mass is 35.5. The minimum atomic E-state index is -0.795. The summed E-state index contributed by atoms with van der Waals surface area (Å²) in [6.45, 7) is 7.50. The monoisotopic (exact) mass is 526 g/mol. The number of rotatable bonds is 10. The van der Waals surface area contributed by atoms with Crippen LogP contribution in [0.25, 0.3) is 0 Å². The lowest BCUT2D eigenvalue weighted by molar-refractivity contribution is -0.143. The summed E-state index contributed by atoms with van der Waals surface area (Å²) in [6.07, 6.45) is 0.330. The van der Waals surface area contributed by atoms with Gasteiger partial charge in [-0.25, -0.2) is 0 Å². The Morgan fingerprint density at radius 2 is 1.61 bits per heavy atom. The fourth-order valence-electron chi connectivity index (χ4n) is 3.87. The van der Waals surface area contributed by atoms with Crippen LogP contribution in [0.1, 0.15) is 36.1 Å². The fourth-order valence-corrected chi connectivity index (χ4v) is 4.39. The summed E-state index contributed by atoms with van der Waals surface area (Å²) in [6, 6.07) is 19.7. The van der Waals surface area contributed by atoms with Crippen LogP contribution in [-0.2, 0) is 22.6 Å². The van der Waals surface area contributed by atoms with Crippen LogP contribution in [-0.4, -0.2) is 35.4 Å². The first kappa shape index (κ1) is 27.6. The Balaban J connectivity index is 1.97. The molecule has 190 valence electrons. The number of hydrogen-bond donors (Lipinski definition) is 1. The number of ether oxygens (including phenoxy) is 1. The largest absolute Gasteiger partial charge is 0.483 e. The van der Waals surface area contributed by atoms with Gasteiger partial charge in [0.2, 0.25) is 5.91 Å². The average molecular weight is 527 g/mol. The smallest absolute Gasteiger partial charge is 0.261 e. The van der Waals surface area contributed by atoms with Crippen molar-refractivity contribution in [1.29, 1.82) is 0 Å². The van der Waals surface area contributed by atoms with E-state index in [1.807, 2.05) is 76.2 Å². The highest BCUT2D eigenvalue weighted by molar-refractivity contribution is 6.36. The normalized spacial score (nSPS) is 11.8. The minimum Gasteiger partial charge on any atom is -0.483 e. The summed E-state index contributed by atoms with van der Waals surface area (Å²) in [7, 11) is 0. The molecule has 0 bridgehead atoms. The highest BCUT2D eigenvalue weighted by Gasteiger charge is 2.32. The number of carbonyl (C=O) groups excluding carboxylic acids is 2. The van der Waals surface area contributed by atoms with Crippen molar-refractivity contribution in [3.63, 3.8) is 0 Å². The van der Waals surface area contributed by atoms with Crippen molar-refractivity contribution >= 4 is 35.0 Å². The molecule has 0 fully saturated rings. The van der Waals surface area contributed by atoms with Crippen LogP contribution < -0.4 is 10.1 Å². The molecule has 36 heavy (non-hydrogen) atoms. The van der Waals surface area contributed by atoms with E-state index in [1.54, 1.807) is 18.2 Å². The Labute approximate surface area is 223 Å². The molecule has 0 heterocycles. The van der Waals surface area contributed by atoms with E-state index >= 15 is 0 Å². The van der Waals surface area contributed by atoms with Crippen LogP contribution in [0, 0.1) is 13.8 Å². The van der Waals surface area contributed by atoms with Crippen LogP contribution in [0.2, 0.25) is 10.0 Å². The van der Waals surface area contributed by atoms with Crippen LogP contribution in [0.3, 0.4) is 0 Å². The van der Waals surface area contributed by atoms with E-state index in [1.165, 1.54) is 4.90 Å². The lowest BCUT2D eigenvalue weighted by Crippen LogP contribution is -2.53. The van der Waals surface area contributed by atoms with Crippen LogP contribution in [0.4, 0.5) is 0 Å². The van der Waals surface area contributed by atoms with E-state index in [-0.39, 0.29) is 31.0 Å². The van der Waals surface area contributed by atoms with Crippen molar-refractivity contribution in [2.45, 2.75) is 52.7 Å². The van der Waals surface area contributed by atoms with Gasteiger partial charge in [-0.2, -0.15) is 0 Å². The lowest BCUT2D eigenvalue weighted by atomic mass is 10.0. The number of nitrogens with one attached hydrogen (secondary N) is 1. The summed E-state index contributed by atoms with van der Waals surface area (Å²) in [4.78, 5) is 28.6. The predicted molar refractivity (Wildman–Crippen MR) is 146 cm³/mol. The second-order valence-electron chi connectivity index (χ2n) is 9.15. The number of carbonyl (C=O) groups is 2. The fraction of sp³-hybridized carbons (Fsp3) is 0.310. The molecular formula is C29H32Cl2N2O3. The zero-order valence-corrected chi connectivity index (χ0v) is 22.6. The molecule has 3 aromatic rings. The summed E-state index contributed by atoms with van der Waals surface area (Å²) >= 11 is 12.9. The molecule has 0 saturated heterocycles. The van der Waals surface area contributed by atoms with Crippen LogP contribution >= 0.6 is 23.2 Å². The number of nitrogens with zero attached hydrogens (tertiary/aromatic N) is 1. The molecule has 5 nitrogen and oxygen atoms in total. The van der Waals surface area contributed by atoms with Gasteiger partial charge in [-0.15, -0.1) is 0 Å². The molecular weight excluding hydrogens is 495 g/mol. The number of halogens is 2. The zero-order chi connectivity index (χ0) is 26.2. The first-order valence-electron chi connectivity index (χ1n) is 11.9. The molecule has 0 unspecified atom stereocenters. The number of benzene rings is 3. The third kappa shape index (κ3) is 7.49. The summed E-state index contributed by atoms with van der Waals surface area (Å²) in [5.74, 6) is 0.0363. The SMILES string of the molecule is Cc1ccc(C)c(OCC(=O)N(Cc2c(Cl)cccc2Cl)[C@H](Cc2ccccc2)C(=O)NC(C)C)c1. The van der Waals surface area contributed by atoms with Gasteiger partial charge < -0.3 is 15.0 Å². The van der Waals surface area contributed by atoms with E-state index in [0.717, 1.165) is 16.7 Å². The van der Waals surface area contributed by atoms with Crippen LogP contribution in [0.15, 0.2) is 66.7 Å².